The van der Waals surface area contributed by atoms with Gasteiger partial charge in [0.15, 0.2) is 0 Å². The maximum absolute atomic E-state index is 11.8. The smallest absolute Gasteiger partial charge is 0.225 e. The van der Waals surface area contributed by atoms with E-state index in [0.717, 1.165) is 25.2 Å². The topological polar surface area (TPSA) is 78.6 Å². The monoisotopic (exact) mass is 265 g/mol. The maximum Gasteiger partial charge on any atom is 0.225 e. The number of aliphatic hydroxyl groups is 1. The van der Waals surface area contributed by atoms with Crippen molar-refractivity contribution < 1.29 is 9.90 Å². The molecule has 1 aromatic carbocycles. The molecular weight excluding hydrogens is 242 g/mol. The van der Waals surface area contributed by atoms with Crippen molar-refractivity contribution in [2.45, 2.75) is 19.8 Å². The van der Waals surface area contributed by atoms with Crippen LogP contribution < -0.4 is 11.1 Å². The summed E-state index contributed by atoms with van der Waals surface area (Å²) in [5.74, 6) is -0.00720. The molecule has 0 saturated heterocycles. The SMILES string of the molecule is CCN(CCCO)CCC(=O)Nc1ccc(N)cc1. The minimum Gasteiger partial charge on any atom is -0.399 e. The van der Waals surface area contributed by atoms with E-state index < -0.39 is 0 Å². The van der Waals surface area contributed by atoms with E-state index in [2.05, 4.69) is 17.1 Å². The summed E-state index contributed by atoms with van der Waals surface area (Å²) in [6, 6.07) is 7.09. The van der Waals surface area contributed by atoms with Crippen LogP contribution in [0.5, 0.6) is 0 Å². The van der Waals surface area contributed by atoms with Gasteiger partial charge in [-0.05, 0) is 37.2 Å². The fourth-order valence-corrected chi connectivity index (χ4v) is 1.77. The summed E-state index contributed by atoms with van der Waals surface area (Å²) in [6.45, 7) is 4.65. The van der Waals surface area contributed by atoms with Crippen LogP contribution in [-0.4, -0.2) is 42.2 Å². The van der Waals surface area contributed by atoms with Crippen molar-refractivity contribution in [3.05, 3.63) is 24.3 Å². The molecule has 0 aliphatic carbocycles. The standard InChI is InChI=1S/C14H23N3O2/c1-2-17(9-3-11-18)10-8-14(19)16-13-6-4-12(15)5-7-13/h4-7,18H,2-3,8-11,15H2,1H3,(H,16,19). The zero-order valence-corrected chi connectivity index (χ0v) is 11.4. The van der Waals surface area contributed by atoms with E-state index in [4.69, 9.17) is 10.8 Å². The predicted octanol–water partition coefficient (Wildman–Crippen LogP) is 1.30. The lowest BCUT2D eigenvalue weighted by atomic mass is 10.2. The highest BCUT2D eigenvalue weighted by atomic mass is 16.3. The van der Waals surface area contributed by atoms with Crippen molar-refractivity contribution in [1.82, 2.24) is 4.90 Å². The molecule has 5 nitrogen and oxygen atoms in total. The van der Waals surface area contributed by atoms with Gasteiger partial charge in [-0.15, -0.1) is 0 Å². The minimum absolute atomic E-state index is 0.00720. The van der Waals surface area contributed by atoms with E-state index in [1.54, 1.807) is 24.3 Å². The number of rotatable bonds is 8. The molecule has 0 heterocycles. The number of carbonyl (C=O) groups excluding carboxylic acids is 1. The number of benzene rings is 1. The van der Waals surface area contributed by atoms with Gasteiger partial charge in [0.25, 0.3) is 0 Å². The second-order valence-electron chi connectivity index (χ2n) is 4.43. The third kappa shape index (κ3) is 6.22. The van der Waals surface area contributed by atoms with Crippen molar-refractivity contribution in [2.24, 2.45) is 0 Å². The summed E-state index contributed by atoms with van der Waals surface area (Å²) in [6.07, 6.45) is 1.19. The molecule has 0 aliphatic heterocycles. The van der Waals surface area contributed by atoms with Crippen LogP contribution in [0.3, 0.4) is 0 Å². The summed E-state index contributed by atoms with van der Waals surface area (Å²) in [7, 11) is 0. The molecule has 0 unspecified atom stereocenters. The van der Waals surface area contributed by atoms with Gasteiger partial charge in [0.05, 0.1) is 0 Å². The summed E-state index contributed by atoms with van der Waals surface area (Å²) in [5, 5.41) is 11.6. The van der Waals surface area contributed by atoms with E-state index in [0.29, 0.717) is 18.7 Å². The van der Waals surface area contributed by atoms with Crippen LogP contribution in [0, 0.1) is 0 Å². The molecule has 106 valence electrons. The largest absolute Gasteiger partial charge is 0.399 e. The van der Waals surface area contributed by atoms with Crippen LogP contribution >= 0.6 is 0 Å². The summed E-state index contributed by atoms with van der Waals surface area (Å²) < 4.78 is 0. The molecule has 5 heteroatoms. The van der Waals surface area contributed by atoms with Crippen LogP contribution in [0.15, 0.2) is 24.3 Å². The van der Waals surface area contributed by atoms with Crippen molar-refractivity contribution in [1.29, 1.82) is 0 Å². The molecule has 0 bridgehead atoms. The van der Waals surface area contributed by atoms with Gasteiger partial charge in [0, 0.05) is 37.5 Å². The average molecular weight is 265 g/mol. The van der Waals surface area contributed by atoms with Gasteiger partial charge >= 0.3 is 0 Å². The highest BCUT2D eigenvalue weighted by Crippen LogP contribution is 2.10. The second kappa shape index (κ2) is 8.50. The number of nitrogens with two attached hydrogens (primary N) is 1. The molecule has 1 rings (SSSR count). The molecule has 0 atom stereocenters. The number of nitrogens with zero attached hydrogens (tertiary/aromatic N) is 1. The Kier molecular flexibility index (Phi) is 6.92. The predicted molar refractivity (Wildman–Crippen MR) is 77.9 cm³/mol. The molecule has 0 aromatic heterocycles. The quantitative estimate of drug-likeness (QED) is 0.619. The number of anilines is 2. The molecule has 4 N–H and O–H groups in total. The minimum atomic E-state index is -0.00720. The first kappa shape index (κ1) is 15.5. The molecule has 0 aliphatic rings. The fraction of sp³-hybridized carbons (Fsp3) is 0.500. The first-order chi connectivity index (χ1) is 9.15. The Morgan fingerprint density at radius 1 is 1.32 bits per heavy atom. The van der Waals surface area contributed by atoms with Crippen molar-refractivity contribution >= 4 is 17.3 Å². The lowest BCUT2D eigenvalue weighted by molar-refractivity contribution is -0.116. The van der Waals surface area contributed by atoms with Crippen LogP contribution in [-0.2, 0) is 4.79 Å². The Labute approximate surface area is 114 Å². The van der Waals surface area contributed by atoms with E-state index in [1.807, 2.05) is 0 Å². The summed E-state index contributed by atoms with van der Waals surface area (Å²) in [5.41, 5.74) is 7.02. The first-order valence-electron chi connectivity index (χ1n) is 6.64. The molecule has 0 fully saturated rings. The van der Waals surface area contributed by atoms with E-state index in [9.17, 15) is 4.79 Å². The van der Waals surface area contributed by atoms with Gasteiger partial charge in [-0.25, -0.2) is 0 Å². The molecule has 1 aromatic rings. The number of carbonyl (C=O) groups is 1. The Bertz CT molecular complexity index is 379. The molecular formula is C14H23N3O2. The van der Waals surface area contributed by atoms with Gasteiger partial charge in [0.2, 0.25) is 5.91 Å². The zero-order chi connectivity index (χ0) is 14.1. The third-order valence-corrected chi connectivity index (χ3v) is 2.93. The number of amides is 1. The first-order valence-corrected chi connectivity index (χ1v) is 6.64. The van der Waals surface area contributed by atoms with Crippen LogP contribution in [0.4, 0.5) is 11.4 Å². The van der Waals surface area contributed by atoms with Crippen LogP contribution in [0.2, 0.25) is 0 Å². The Morgan fingerprint density at radius 3 is 2.58 bits per heavy atom. The zero-order valence-electron chi connectivity index (χ0n) is 11.4. The second-order valence-corrected chi connectivity index (χ2v) is 4.43. The van der Waals surface area contributed by atoms with Gasteiger partial charge in [-0.2, -0.15) is 0 Å². The number of nitrogen functional groups attached to an aromatic ring is 1. The Morgan fingerprint density at radius 2 is 2.00 bits per heavy atom. The van der Waals surface area contributed by atoms with Crippen molar-refractivity contribution in [3.8, 4) is 0 Å². The van der Waals surface area contributed by atoms with E-state index in [1.165, 1.54) is 0 Å². The van der Waals surface area contributed by atoms with Gasteiger partial charge in [-0.1, -0.05) is 6.92 Å². The highest BCUT2D eigenvalue weighted by molar-refractivity contribution is 5.90. The molecule has 1 amide bonds. The van der Waals surface area contributed by atoms with E-state index >= 15 is 0 Å². The highest BCUT2D eigenvalue weighted by Gasteiger charge is 2.06. The number of nitrogens with one attached hydrogen (secondary N) is 1. The number of hydrogen-bond donors (Lipinski definition) is 3. The Balaban J connectivity index is 2.32. The van der Waals surface area contributed by atoms with E-state index in [-0.39, 0.29) is 12.5 Å². The van der Waals surface area contributed by atoms with Gasteiger partial charge < -0.3 is 21.1 Å². The Hall–Kier alpha value is -1.59. The number of hydrogen-bond acceptors (Lipinski definition) is 4. The molecule has 0 spiro atoms. The van der Waals surface area contributed by atoms with Crippen LogP contribution in [0.1, 0.15) is 19.8 Å². The van der Waals surface area contributed by atoms with Gasteiger partial charge in [0.1, 0.15) is 0 Å². The lowest BCUT2D eigenvalue weighted by Gasteiger charge is -2.19. The van der Waals surface area contributed by atoms with Crippen molar-refractivity contribution in [2.75, 3.05) is 37.3 Å². The lowest BCUT2D eigenvalue weighted by Crippen LogP contribution is -2.29. The number of aliphatic hydroxyl groups excluding tert-OH is 1. The summed E-state index contributed by atoms with van der Waals surface area (Å²) >= 11 is 0. The van der Waals surface area contributed by atoms with Crippen LogP contribution in [0.25, 0.3) is 0 Å². The fourth-order valence-electron chi connectivity index (χ4n) is 1.77. The molecule has 19 heavy (non-hydrogen) atoms. The molecule has 0 saturated carbocycles. The molecule has 0 radical (unpaired) electrons. The van der Waals surface area contributed by atoms with Crippen molar-refractivity contribution in [3.63, 3.8) is 0 Å². The normalized spacial score (nSPS) is 10.7. The maximum atomic E-state index is 11.8. The third-order valence-electron chi connectivity index (χ3n) is 2.93. The summed E-state index contributed by atoms with van der Waals surface area (Å²) in [4.78, 5) is 13.9. The average Bonchev–Trinajstić information content (AvgIpc) is 2.42. The van der Waals surface area contributed by atoms with Gasteiger partial charge in [-0.3, -0.25) is 4.79 Å².